The summed E-state index contributed by atoms with van der Waals surface area (Å²) in [6.07, 6.45) is 0. The molecule has 0 aliphatic rings. The Bertz CT molecular complexity index is 642. The highest BCUT2D eigenvalue weighted by atomic mass is 16.5. The predicted octanol–water partition coefficient (Wildman–Crippen LogP) is 3.31. The summed E-state index contributed by atoms with van der Waals surface area (Å²) < 4.78 is 11.2. The second kappa shape index (κ2) is 6.54. The number of nitrogens with zero attached hydrogens (tertiary/aromatic N) is 2. The van der Waals surface area contributed by atoms with E-state index in [2.05, 4.69) is 23.0 Å². The highest BCUT2D eigenvalue weighted by Gasteiger charge is 2.09. The molecule has 2 aromatic rings. The van der Waals surface area contributed by atoms with Gasteiger partial charge in [-0.1, -0.05) is 6.07 Å². The first-order chi connectivity index (χ1) is 9.99. The number of anilines is 1. The molecule has 5 nitrogen and oxygen atoms in total. The van der Waals surface area contributed by atoms with Gasteiger partial charge in [-0.2, -0.15) is 4.98 Å². The van der Waals surface area contributed by atoms with E-state index in [-0.39, 0.29) is 0 Å². The topological polar surface area (TPSA) is 70.3 Å². The fourth-order valence-corrected chi connectivity index (χ4v) is 2.02. The van der Waals surface area contributed by atoms with Gasteiger partial charge in [-0.15, -0.1) is 0 Å². The Kier molecular flexibility index (Phi) is 4.75. The van der Waals surface area contributed by atoms with Crippen LogP contribution >= 0.6 is 0 Å². The summed E-state index contributed by atoms with van der Waals surface area (Å²) in [6.45, 7) is 8.96. The molecule has 0 aliphatic carbocycles. The van der Waals surface area contributed by atoms with Gasteiger partial charge < -0.3 is 15.2 Å². The standard InChI is InChI=1S/C16H21N3O2/c1-5-20-9-15-18-14(17)8-16(19-15)21-13-7-10(2)6-11(3)12(13)4/h6-8H,5,9H2,1-4H3,(H2,17,18,19). The van der Waals surface area contributed by atoms with Crippen molar-refractivity contribution in [2.45, 2.75) is 34.3 Å². The van der Waals surface area contributed by atoms with Crippen LogP contribution in [-0.4, -0.2) is 16.6 Å². The molecule has 0 saturated heterocycles. The fourth-order valence-electron chi connectivity index (χ4n) is 2.02. The first-order valence-corrected chi connectivity index (χ1v) is 6.96. The van der Waals surface area contributed by atoms with Crippen molar-refractivity contribution < 1.29 is 9.47 Å². The molecule has 0 spiro atoms. The van der Waals surface area contributed by atoms with Gasteiger partial charge in [0, 0.05) is 12.7 Å². The molecule has 1 aromatic heterocycles. The van der Waals surface area contributed by atoms with Gasteiger partial charge >= 0.3 is 0 Å². The number of aryl methyl sites for hydroxylation is 2. The maximum atomic E-state index is 5.89. The molecule has 5 heteroatoms. The van der Waals surface area contributed by atoms with E-state index in [4.69, 9.17) is 15.2 Å². The highest BCUT2D eigenvalue weighted by molar-refractivity contribution is 5.44. The van der Waals surface area contributed by atoms with E-state index in [1.165, 1.54) is 5.56 Å². The zero-order valence-corrected chi connectivity index (χ0v) is 12.9. The Morgan fingerprint density at radius 3 is 2.57 bits per heavy atom. The van der Waals surface area contributed by atoms with Crippen molar-refractivity contribution in [2.75, 3.05) is 12.3 Å². The quantitative estimate of drug-likeness (QED) is 0.913. The SMILES string of the molecule is CCOCc1nc(N)cc(Oc2cc(C)cc(C)c2C)n1. The van der Waals surface area contributed by atoms with Crippen molar-refractivity contribution in [1.29, 1.82) is 0 Å². The van der Waals surface area contributed by atoms with Gasteiger partial charge in [-0.25, -0.2) is 4.98 Å². The zero-order chi connectivity index (χ0) is 15.4. The third kappa shape index (κ3) is 3.92. The molecular formula is C16H21N3O2. The number of hydrogen-bond acceptors (Lipinski definition) is 5. The zero-order valence-electron chi connectivity index (χ0n) is 12.9. The molecular weight excluding hydrogens is 266 g/mol. The van der Waals surface area contributed by atoms with Gasteiger partial charge in [0.25, 0.3) is 0 Å². The summed E-state index contributed by atoms with van der Waals surface area (Å²) in [6, 6.07) is 5.73. The molecule has 21 heavy (non-hydrogen) atoms. The minimum absolute atomic E-state index is 0.323. The van der Waals surface area contributed by atoms with Crippen LogP contribution in [0.1, 0.15) is 29.4 Å². The van der Waals surface area contributed by atoms with Crippen molar-refractivity contribution in [1.82, 2.24) is 9.97 Å². The van der Waals surface area contributed by atoms with Gasteiger partial charge in [-0.05, 0) is 50.5 Å². The number of ether oxygens (including phenoxy) is 2. The second-order valence-corrected chi connectivity index (χ2v) is 4.99. The summed E-state index contributed by atoms with van der Waals surface area (Å²) in [7, 11) is 0. The van der Waals surface area contributed by atoms with E-state index < -0.39 is 0 Å². The summed E-state index contributed by atoms with van der Waals surface area (Å²) in [5, 5.41) is 0. The average Bonchev–Trinajstić information content (AvgIpc) is 2.41. The van der Waals surface area contributed by atoms with Crippen molar-refractivity contribution in [3.8, 4) is 11.6 Å². The lowest BCUT2D eigenvalue weighted by Gasteiger charge is -2.12. The minimum atomic E-state index is 0.323. The highest BCUT2D eigenvalue weighted by Crippen LogP contribution is 2.28. The van der Waals surface area contributed by atoms with Crippen molar-refractivity contribution in [2.24, 2.45) is 0 Å². The maximum Gasteiger partial charge on any atom is 0.224 e. The van der Waals surface area contributed by atoms with E-state index in [0.29, 0.717) is 30.7 Å². The number of nitrogen functional groups attached to an aromatic ring is 1. The molecule has 0 aliphatic heterocycles. The van der Waals surface area contributed by atoms with E-state index >= 15 is 0 Å². The molecule has 112 valence electrons. The van der Waals surface area contributed by atoms with Crippen molar-refractivity contribution >= 4 is 5.82 Å². The van der Waals surface area contributed by atoms with Crippen molar-refractivity contribution in [3.05, 3.63) is 40.7 Å². The lowest BCUT2D eigenvalue weighted by Crippen LogP contribution is -2.04. The van der Waals surface area contributed by atoms with E-state index in [0.717, 1.165) is 16.9 Å². The van der Waals surface area contributed by atoms with Crippen LogP contribution in [0, 0.1) is 20.8 Å². The Morgan fingerprint density at radius 2 is 1.86 bits per heavy atom. The molecule has 0 saturated carbocycles. The van der Waals surface area contributed by atoms with Crippen LogP contribution in [0.25, 0.3) is 0 Å². The normalized spacial score (nSPS) is 10.7. The third-order valence-electron chi connectivity index (χ3n) is 3.18. The molecule has 0 bridgehead atoms. The van der Waals surface area contributed by atoms with Gasteiger partial charge in [0.2, 0.25) is 5.88 Å². The molecule has 0 fully saturated rings. The number of hydrogen-bond donors (Lipinski definition) is 1. The van der Waals surface area contributed by atoms with E-state index in [1.807, 2.05) is 26.8 Å². The number of nitrogens with two attached hydrogens (primary N) is 1. The summed E-state index contributed by atoms with van der Waals surface area (Å²) in [5.74, 6) is 2.11. The predicted molar refractivity (Wildman–Crippen MR) is 82.5 cm³/mol. The van der Waals surface area contributed by atoms with Crippen LogP contribution in [-0.2, 0) is 11.3 Å². The van der Waals surface area contributed by atoms with E-state index in [9.17, 15) is 0 Å². The van der Waals surface area contributed by atoms with Crippen LogP contribution in [0.3, 0.4) is 0 Å². The van der Waals surface area contributed by atoms with Gasteiger partial charge in [0.05, 0.1) is 0 Å². The largest absolute Gasteiger partial charge is 0.439 e. The smallest absolute Gasteiger partial charge is 0.224 e. The molecule has 0 atom stereocenters. The number of benzene rings is 1. The van der Waals surface area contributed by atoms with Crippen molar-refractivity contribution in [3.63, 3.8) is 0 Å². The number of rotatable bonds is 5. The Balaban J connectivity index is 2.29. The first kappa shape index (κ1) is 15.3. The van der Waals surface area contributed by atoms with Crippen LogP contribution in [0.5, 0.6) is 11.6 Å². The summed E-state index contributed by atoms with van der Waals surface area (Å²) in [5.41, 5.74) is 9.21. The van der Waals surface area contributed by atoms with Crippen LogP contribution in [0.4, 0.5) is 5.82 Å². The summed E-state index contributed by atoms with van der Waals surface area (Å²) >= 11 is 0. The monoisotopic (exact) mass is 287 g/mol. The minimum Gasteiger partial charge on any atom is -0.439 e. The molecule has 0 radical (unpaired) electrons. The lowest BCUT2D eigenvalue weighted by atomic mass is 10.1. The van der Waals surface area contributed by atoms with Gasteiger partial charge in [0.1, 0.15) is 18.2 Å². The van der Waals surface area contributed by atoms with E-state index in [1.54, 1.807) is 6.07 Å². The Hall–Kier alpha value is -2.14. The lowest BCUT2D eigenvalue weighted by molar-refractivity contribution is 0.128. The Morgan fingerprint density at radius 1 is 1.10 bits per heavy atom. The molecule has 1 heterocycles. The molecule has 2 rings (SSSR count). The summed E-state index contributed by atoms with van der Waals surface area (Å²) in [4.78, 5) is 8.46. The van der Waals surface area contributed by atoms with Gasteiger partial charge in [0.15, 0.2) is 5.82 Å². The molecule has 0 amide bonds. The van der Waals surface area contributed by atoms with Crippen LogP contribution in [0.15, 0.2) is 18.2 Å². The second-order valence-electron chi connectivity index (χ2n) is 4.99. The fraction of sp³-hybridized carbons (Fsp3) is 0.375. The van der Waals surface area contributed by atoms with Crippen LogP contribution < -0.4 is 10.5 Å². The van der Waals surface area contributed by atoms with Crippen LogP contribution in [0.2, 0.25) is 0 Å². The van der Waals surface area contributed by atoms with Gasteiger partial charge in [-0.3, -0.25) is 0 Å². The average molecular weight is 287 g/mol. The molecule has 1 aromatic carbocycles. The molecule has 2 N–H and O–H groups in total. The third-order valence-corrected chi connectivity index (χ3v) is 3.18. The first-order valence-electron chi connectivity index (χ1n) is 6.96. The Labute approximate surface area is 125 Å². The molecule has 0 unspecified atom stereocenters. The number of aromatic nitrogens is 2. The maximum absolute atomic E-state index is 5.89.